The molecule has 2 aromatic rings. The molecule has 7 nitrogen and oxygen atoms in total. The van der Waals surface area contributed by atoms with E-state index in [1.807, 2.05) is 23.1 Å². The molecule has 8 heteroatoms. The normalized spacial score (nSPS) is 21.5. The van der Waals surface area contributed by atoms with Crippen molar-refractivity contribution >= 4 is 23.5 Å². The van der Waals surface area contributed by atoms with Crippen LogP contribution in [0.1, 0.15) is 48.0 Å². The van der Waals surface area contributed by atoms with Crippen LogP contribution in [0.5, 0.6) is 0 Å². The first kappa shape index (κ1) is 20.7. The maximum atomic E-state index is 13.0. The van der Waals surface area contributed by atoms with Gasteiger partial charge in [-0.3, -0.25) is 4.79 Å². The lowest BCUT2D eigenvalue weighted by Gasteiger charge is -2.23. The molecule has 5 rings (SSSR count). The summed E-state index contributed by atoms with van der Waals surface area (Å²) >= 11 is 6.43. The first-order valence-electron chi connectivity index (χ1n) is 11.1. The van der Waals surface area contributed by atoms with Crippen molar-refractivity contribution in [3.8, 4) is 11.3 Å². The van der Waals surface area contributed by atoms with Crippen LogP contribution < -0.4 is 5.32 Å². The number of hydrogen-bond donors (Lipinski definition) is 1. The van der Waals surface area contributed by atoms with Gasteiger partial charge in [-0.1, -0.05) is 23.7 Å². The summed E-state index contributed by atoms with van der Waals surface area (Å²) in [6.45, 7) is 3.70. The fourth-order valence-electron chi connectivity index (χ4n) is 4.52. The Kier molecular flexibility index (Phi) is 6.07. The second kappa shape index (κ2) is 9.10. The molecule has 2 saturated heterocycles. The molecule has 0 radical (unpaired) electrons. The number of carbonyl (C=O) groups excluding carboxylic acids is 1. The summed E-state index contributed by atoms with van der Waals surface area (Å²) in [5.74, 6) is 0.622. The molecule has 4 heterocycles. The van der Waals surface area contributed by atoms with Gasteiger partial charge in [0.1, 0.15) is 0 Å². The van der Waals surface area contributed by atoms with E-state index in [2.05, 4.69) is 15.3 Å². The van der Waals surface area contributed by atoms with E-state index in [0.717, 1.165) is 75.2 Å². The standard InChI is InChI=1S/C23H27ClN4O3/c24-20-13-25-23(26-17-6-10-30-11-7-17)27-21(20)15-3-4-16-14-28(22(29)19(16)12-15)8-5-18-2-1-9-31-18/h3-4,12-13,17-18H,1-2,5-11,14H2,(H,25,26,27). The molecule has 31 heavy (non-hydrogen) atoms. The van der Waals surface area contributed by atoms with E-state index in [0.29, 0.717) is 29.3 Å². The highest BCUT2D eigenvalue weighted by atomic mass is 35.5. The van der Waals surface area contributed by atoms with E-state index >= 15 is 0 Å². The predicted octanol–water partition coefficient (Wildman–Crippen LogP) is 3.91. The summed E-state index contributed by atoms with van der Waals surface area (Å²) in [5, 5.41) is 3.85. The largest absolute Gasteiger partial charge is 0.381 e. The van der Waals surface area contributed by atoms with Gasteiger partial charge in [-0.2, -0.15) is 0 Å². The van der Waals surface area contributed by atoms with Gasteiger partial charge in [0, 0.05) is 50.1 Å². The first-order valence-corrected chi connectivity index (χ1v) is 11.5. The number of benzene rings is 1. The highest BCUT2D eigenvalue weighted by Gasteiger charge is 2.29. The number of anilines is 1. The Morgan fingerprint density at radius 2 is 2.06 bits per heavy atom. The van der Waals surface area contributed by atoms with Crippen LogP contribution in [0.3, 0.4) is 0 Å². The Bertz CT molecular complexity index is 958. The van der Waals surface area contributed by atoms with Crippen LogP contribution in [0.15, 0.2) is 24.4 Å². The number of carbonyl (C=O) groups is 1. The van der Waals surface area contributed by atoms with Crippen LogP contribution in [0.2, 0.25) is 5.02 Å². The van der Waals surface area contributed by atoms with Crippen molar-refractivity contribution in [2.24, 2.45) is 0 Å². The molecule has 0 spiro atoms. The molecule has 164 valence electrons. The number of nitrogens with one attached hydrogen (secondary N) is 1. The van der Waals surface area contributed by atoms with Crippen LogP contribution in [0, 0.1) is 0 Å². The summed E-state index contributed by atoms with van der Waals surface area (Å²) in [7, 11) is 0. The second-order valence-electron chi connectivity index (χ2n) is 8.44. The molecule has 1 unspecified atom stereocenters. The maximum Gasteiger partial charge on any atom is 0.254 e. The highest BCUT2D eigenvalue weighted by molar-refractivity contribution is 6.33. The Morgan fingerprint density at radius 3 is 2.87 bits per heavy atom. The Morgan fingerprint density at radius 1 is 1.19 bits per heavy atom. The summed E-state index contributed by atoms with van der Waals surface area (Å²) in [5.41, 5.74) is 3.25. The summed E-state index contributed by atoms with van der Waals surface area (Å²) in [4.78, 5) is 23.9. The van der Waals surface area contributed by atoms with E-state index in [1.165, 1.54) is 0 Å². The third kappa shape index (κ3) is 4.54. The SMILES string of the molecule is O=C1c2cc(-c3nc(NC4CCOCC4)ncc3Cl)ccc2CN1CCC1CCCO1. The summed E-state index contributed by atoms with van der Waals surface area (Å²) in [6.07, 6.45) is 6.86. The predicted molar refractivity (Wildman–Crippen MR) is 118 cm³/mol. The van der Waals surface area contributed by atoms with Gasteiger partial charge in [-0.15, -0.1) is 0 Å². The van der Waals surface area contributed by atoms with Gasteiger partial charge in [0.25, 0.3) is 5.91 Å². The highest BCUT2D eigenvalue weighted by Crippen LogP contribution is 2.32. The summed E-state index contributed by atoms with van der Waals surface area (Å²) < 4.78 is 11.1. The minimum Gasteiger partial charge on any atom is -0.381 e. The lowest BCUT2D eigenvalue weighted by Crippen LogP contribution is -2.28. The topological polar surface area (TPSA) is 76.6 Å². The van der Waals surface area contributed by atoms with Crippen molar-refractivity contribution < 1.29 is 14.3 Å². The summed E-state index contributed by atoms with van der Waals surface area (Å²) in [6, 6.07) is 6.21. The van der Waals surface area contributed by atoms with Crippen LogP contribution in [0.4, 0.5) is 5.95 Å². The smallest absolute Gasteiger partial charge is 0.254 e. The van der Waals surface area contributed by atoms with E-state index in [9.17, 15) is 4.79 Å². The number of nitrogens with zero attached hydrogens (tertiary/aromatic N) is 3. The van der Waals surface area contributed by atoms with Crippen molar-refractivity contribution in [3.05, 3.63) is 40.5 Å². The molecule has 1 N–H and O–H groups in total. The van der Waals surface area contributed by atoms with Crippen molar-refractivity contribution in [2.75, 3.05) is 31.7 Å². The fourth-order valence-corrected chi connectivity index (χ4v) is 4.72. The van der Waals surface area contributed by atoms with Gasteiger partial charge in [0.05, 0.1) is 23.0 Å². The number of hydrogen-bond acceptors (Lipinski definition) is 6. The molecule has 1 amide bonds. The van der Waals surface area contributed by atoms with Gasteiger partial charge >= 0.3 is 0 Å². The molecular formula is C23H27ClN4O3. The minimum absolute atomic E-state index is 0.0700. The zero-order chi connectivity index (χ0) is 21.2. The third-order valence-corrected chi connectivity index (χ3v) is 6.58. The van der Waals surface area contributed by atoms with Crippen LogP contribution in [0.25, 0.3) is 11.3 Å². The number of aromatic nitrogens is 2. The lowest BCUT2D eigenvalue weighted by molar-refractivity contribution is 0.0689. The molecular weight excluding hydrogens is 416 g/mol. The molecule has 1 aromatic heterocycles. The molecule has 1 aromatic carbocycles. The molecule has 0 aliphatic carbocycles. The number of amides is 1. The number of halogens is 1. The zero-order valence-corrected chi connectivity index (χ0v) is 18.2. The Balaban J connectivity index is 1.32. The average Bonchev–Trinajstić information content (AvgIpc) is 3.42. The van der Waals surface area contributed by atoms with Crippen molar-refractivity contribution in [2.45, 2.75) is 50.8 Å². The lowest BCUT2D eigenvalue weighted by atomic mass is 10.0. The first-order chi connectivity index (χ1) is 15.2. The molecule has 3 aliphatic heterocycles. The van der Waals surface area contributed by atoms with Crippen LogP contribution in [-0.2, 0) is 16.0 Å². The van der Waals surface area contributed by atoms with Crippen LogP contribution in [-0.4, -0.2) is 59.3 Å². The van der Waals surface area contributed by atoms with Gasteiger partial charge in [-0.05, 0) is 43.7 Å². The minimum atomic E-state index is 0.0700. The molecule has 0 bridgehead atoms. The number of rotatable bonds is 6. The van der Waals surface area contributed by atoms with E-state index in [4.69, 9.17) is 21.1 Å². The van der Waals surface area contributed by atoms with Crippen molar-refractivity contribution in [1.29, 1.82) is 0 Å². The Hall–Kier alpha value is -2.22. The molecule has 3 aliphatic rings. The van der Waals surface area contributed by atoms with Gasteiger partial charge in [0.2, 0.25) is 5.95 Å². The monoisotopic (exact) mass is 442 g/mol. The third-order valence-electron chi connectivity index (χ3n) is 6.31. The second-order valence-corrected chi connectivity index (χ2v) is 8.85. The molecule has 2 fully saturated rings. The Labute approximate surface area is 187 Å². The quantitative estimate of drug-likeness (QED) is 0.730. The zero-order valence-electron chi connectivity index (χ0n) is 17.5. The van der Waals surface area contributed by atoms with Gasteiger partial charge < -0.3 is 19.7 Å². The van der Waals surface area contributed by atoms with E-state index < -0.39 is 0 Å². The maximum absolute atomic E-state index is 13.0. The van der Waals surface area contributed by atoms with E-state index in [1.54, 1.807) is 6.20 Å². The van der Waals surface area contributed by atoms with Gasteiger partial charge in [0.15, 0.2) is 0 Å². The molecule has 0 saturated carbocycles. The van der Waals surface area contributed by atoms with Crippen molar-refractivity contribution in [3.63, 3.8) is 0 Å². The van der Waals surface area contributed by atoms with E-state index in [-0.39, 0.29) is 12.0 Å². The van der Waals surface area contributed by atoms with Crippen molar-refractivity contribution in [1.82, 2.24) is 14.9 Å². The number of fused-ring (bicyclic) bond motifs is 1. The van der Waals surface area contributed by atoms with Gasteiger partial charge in [-0.25, -0.2) is 9.97 Å². The average molecular weight is 443 g/mol. The fraction of sp³-hybridized carbons (Fsp3) is 0.522. The molecule has 1 atom stereocenters. The van der Waals surface area contributed by atoms with Crippen LogP contribution >= 0.6 is 11.6 Å². The number of ether oxygens (including phenoxy) is 2.